The smallest absolute Gasteiger partial charge is 0.125 e. The standard InChI is InChI=1S/C16H25NO2/c1-5-16(4)9-14(17)13-8-12(18-10-11(2)3)6-7-15(13)19-16/h6-8,11,14H,5,9-10,17H2,1-4H3. The SMILES string of the molecule is CCC1(C)CC(N)c2cc(OCC(C)C)ccc2O1. The predicted octanol–water partition coefficient (Wildman–Crippen LogP) is 3.67. The number of hydrogen-bond donors (Lipinski definition) is 1. The summed E-state index contributed by atoms with van der Waals surface area (Å²) >= 11 is 0. The van der Waals surface area contributed by atoms with Crippen molar-refractivity contribution in [3.63, 3.8) is 0 Å². The number of benzene rings is 1. The van der Waals surface area contributed by atoms with Gasteiger partial charge in [0.25, 0.3) is 0 Å². The van der Waals surface area contributed by atoms with Gasteiger partial charge in [-0.2, -0.15) is 0 Å². The van der Waals surface area contributed by atoms with E-state index in [1.54, 1.807) is 0 Å². The maximum atomic E-state index is 6.29. The van der Waals surface area contributed by atoms with Crippen LogP contribution in [0.1, 0.15) is 52.1 Å². The molecule has 0 spiro atoms. The number of ether oxygens (including phenoxy) is 2. The summed E-state index contributed by atoms with van der Waals surface area (Å²) in [6, 6.07) is 6.00. The highest BCUT2D eigenvalue weighted by atomic mass is 16.5. The fourth-order valence-electron chi connectivity index (χ4n) is 2.36. The summed E-state index contributed by atoms with van der Waals surface area (Å²) < 4.78 is 11.8. The van der Waals surface area contributed by atoms with Crippen molar-refractivity contribution in [1.82, 2.24) is 0 Å². The molecule has 2 rings (SSSR count). The third-order valence-corrected chi connectivity index (χ3v) is 3.72. The third-order valence-electron chi connectivity index (χ3n) is 3.72. The molecule has 0 aliphatic carbocycles. The number of fused-ring (bicyclic) bond motifs is 1. The van der Waals surface area contributed by atoms with Gasteiger partial charge in [0, 0.05) is 18.0 Å². The second kappa shape index (κ2) is 5.41. The van der Waals surface area contributed by atoms with Crippen LogP contribution in [0.25, 0.3) is 0 Å². The van der Waals surface area contributed by atoms with E-state index in [4.69, 9.17) is 15.2 Å². The maximum absolute atomic E-state index is 6.29. The minimum Gasteiger partial charge on any atom is -0.493 e. The van der Waals surface area contributed by atoms with E-state index in [2.05, 4.69) is 27.7 Å². The minimum absolute atomic E-state index is 0.0244. The molecule has 1 aromatic rings. The van der Waals surface area contributed by atoms with Crippen LogP contribution in [0.3, 0.4) is 0 Å². The van der Waals surface area contributed by atoms with E-state index in [-0.39, 0.29) is 11.6 Å². The van der Waals surface area contributed by atoms with E-state index in [1.165, 1.54) is 0 Å². The Kier molecular flexibility index (Phi) is 4.04. The normalized spacial score (nSPS) is 25.9. The molecule has 0 saturated carbocycles. The van der Waals surface area contributed by atoms with Crippen molar-refractivity contribution in [2.24, 2.45) is 11.7 Å². The number of rotatable bonds is 4. The van der Waals surface area contributed by atoms with Crippen LogP contribution in [0, 0.1) is 5.92 Å². The van der Waals surface area contributed by atoms with Crippen molar-refractivity contribution in [2.75, 3.05) is 6.61 Å². The topological polar surface area (TPSA) is 44.5 Å². The molecule has 0 aromatic heterocycles. The molecule has 1 aliphatic rings. The molecule has 106 valence electrons. The molecule has 0 radical (unpaired) electrons. The average Bonchev–Trinajstić information content (AvgIpc) is 2.36. The van der Waals surface area contributed by atoms with Crippen molar-refractivity contribution in [3.8, 4) is 11.5 Å². The third kappa shape index (κ3) is 3.21. The Morgan fingerprint density at radius 1 is 1.47 bits per heavy atom. The molecule has 19 heavy (non-hydrogen) atoms. The summed E-state index contributed by atoms with van der Waals surface area (Å²) in [6.07, 6.45) is 1.82. The van der Waals surface area contributed by atoms with Crippen molar-refractivity contribution in [3.05, 3.63) is 23.8 Å². The van der Waals surface area contributed by atoms with Crippen LogP contribution < -0.4 is 15.2 Å². The summed E-state index contributed by atoms with van der Waals surface area (Å²) in [4.78, 5) is 0. The van der Waals surface area contributed by atoms with Crippen LogP contribution in [-0.2, 0) is 0 Å². The Morgan fingerprint density at radius 2 is 2.21 bits per heavy atom. The van der Waals surface area contributed by atoms with Gasteiger partial charge < -0.3 is 15.2 Å². The van der Waals surface area contributed by atoms with Gasteiger partial charge in [0.1, 0.15) is 17.1 Å². The van der Waals surface area contributed by atoms with E-state index < -0.39 is 0 Å². The zero-order chi connectivity index (χ0) is 14.0. The molecule has 0 amide bonds. The van der Waals surface area contributed by atoms with E-state index in [9.17, 15) is 0 Å². The molecule has 2 atom stereocenters. The zero-order valence-corrected chi connectivity index (χ0v) is 12.4. The van der Waals surface area contributed by atoms with Crippen LogP contribution in [0.2, 0.25) is 0 Å². The van der Waals surface area contributed by atoms with E-state index in [0.717, 1.165) is 36.5 Å². The van der Waals surface area contributed by atoms with Gasteiger partial charge in [-0.3, -0.25) is 0 Å². The molecule has 0 bridgehead atoms. The molecular weight excluding hydrogens is 238 g/mol. The second-order valence-corrected chi connectivity index (χ2v) is 6.12. The first-order valence-corrected chi connectivity index (χ1v) is 7.15. The van der Waals surface area contributed by atoms with Gasteiger partial charge >= 0.3 is 0 Å². The van der Waals surface area contributed by atoms with Gasteiger partial charge in [0.15, 0.2) is 0 Å². The lowest BCUT2D eigenvalue weighted by Gasteiger charge is -2.38. The van der Waals surface area contributed by atoms with Crippen LogP contribution in [-0.4, -0.2) is 12.2 Å². The first-order valence-electron chi connectivity index (χ1n) is 7.15. The summed E-state index contributed by atoms with van der Waals surface area (Å²) in [5.74, 6) is 2.30. The van der Waals surface area contributed by atoms with E-state index in [0.29, 0.717) is 5.92 Å². The highest BCUT2D eigenvalue weighted by molar-refractivity contribution is 5.44. The van der Waals surface area contributed by atoms with Gasteiger partial charge in [-0.1, -0.05) is 20.8 Å². The molecule has 1 aliphatic heterocycles. The quantitative estimate of drug-likeness (QED) is 0.901. The lowest BCUT2D eigenvalue weighted by molar-refractivity contribution is 0.0501. The van der Waals surface area contributed by atoms with Crippen LogP contribution in [0.15, 0.2) is 18.2 Å². The molecule has 0 saturated heterocycles. The largest absolute Gasteiger partial charge is 0.493 e. The first kappa shape index (κ1) is 14.2. The lowest BCUT2D eigenvalue weighted by Crippen LogP contribution is -2.39. The summed E-state index contributed by atoms with van der Waals surface area (Å²) in [6.45, 7) is 9.26. The summed E-state index contributed by atoms with van der Waals surface area (Å²) in [7, 11) is 0. The van der Waals surface area contributed by atoms with Crippen LogP contribution in [0.5, 0.6) is 11.5 Å². The van der Waals surface area contributed by atoms with Crippen LogP contribution >= 0.6 is 0 Å². The predicted molar refractivity (Wildman–Crippen MR) is 77.6 cm³/mol. The molecule has 1 heterocycles. The average molecular weight is 263 g/mol. The van der Waals surface area contributed by atoms with E-state index >= 15 is 0 Å². The van der Waals surface area contributed by atoms with Crippen LogP contribution in [0.4, 0.5) is 0 Å². The Balaban J connectivity index is 2.19. The Bertz CT molecular complexity index is 444. The van der Waals surface area contributed by atoms with Crippen molar-refractivity contribution < 1.29 is 9.47 Å². The molecule has 0 fully saturated rings. The minimum atomic E-state index is -0.146. The lowest BCUT2D eigenvalue weighted by atomic mass is 9.87. The highest BCUT2D eigenvalue weighted by Crippen LogP contribution is 2.41. The second-order valence-electron chi connectivity index (χ2n) is 6.12. The maximum Gasteiger partial charge on any atom is 0.125 e. The van der Waals surface area contributed by atoms with Gasteiger partial charge in [-0.25, -0.2) is 0 Å². The molecule has 1 aromatic carbocycles. The molecule has 2 N–H and O–H groups in total. The molecule has 3 nitrogen and oxygen atoms in total. The van der Waals surface area contributed by atoms with Gasteiger partial charge in [-0.05, 0) is 37.5 Å². The fraction of sp³-hybridized carbons (Fsp3) is 0.625. The molecule has 3 heteroatoms. The van der Waals surface area contributed by atoms with Crippen molar-refractivity contribution in [2.45, 2.75) is 52.2 Å². The number of hydrogen-bond acceptors (Lipinski definition) is 3. The van der Waals surface area contributed by atoms with Gasteiger partial charge in [0.05, 0.1) is 6.61 Å². The van der Waals surface area contributed by atoms with Gasteiger partial charge in [0.2, 0.25) is 0 Å². The van der Waals surface area contributed by atoms with Gasteiger partial charge in [-0.15, -0.1) is 0 Å². The summed E-state index contributed by atoms with van der Waals surface area (Å²) in [5.41, 5.74) is 7.20. The zero-order valence-electron chi connectivity index (χ0n) is 12.4. The molecule has 2 unspecified atom stereocenters. The Morgan fingerprint density at radius 3 is 2.84 bits per heavy atom. The Labute approximate surface area is 116 Å². The first-order chi connectivity index (χ1) is 8.93. The van der Waals surface area contributed by atoms with Crippen molar-refractivity contribution in [1.29, 1.82) is 0 Å². The summed E-state index contributed by atoms with van der Waals surface area (Å²) in [5, 5.41) is 0. The highest BCUT2D eigenvalue weighted by Gasteiger charge is 2.34. The monoisotopic (exact) mass is 263 g/mol. The van der Waals surface area contributed by atoms with E-state index in [1.807, 2.05) is 18.2 Å². The fourth-order valence-corrected chi connectivity index (χ4v) is 2.36. The van der Waals surface area contributed by atoms with Crippen molar-refractivity contribution >= 4 is 0 Å². The molecular formula is C16H25NO2. The number of nitrogens with two attached hydrogens (primary N) is 1. The Hall–Kier alpha value is -1.22.